The van der Waals surface area contributed by atoms with Gasteiger partial charge in [-0.05, 0) is 56.2 Å². The molecule has 6 nitrogen and oxygen atoms in total. The number of amides is 4. The van der Waals surface area contributed by atoms with Crippen LogP contribution in [0.1, 0.15) is 22.5 Å². The zero-order valence-electron chi connectivity index (χ0n) is 14.9. The summed E-state index contributed by atoms with van der Waals surface area (Å²) in [6, 6.07) is 6.83. The second-order valence-corrected chi connectivity index (χ2v) is 6.63. The van der Waals surface area contributed by atoms with Crippen LogP contribution in [-0.4, -0.2) is 34.4 Å². The largest absolute Gasteiger partial charge is 0.331 e. The number of carbonyl (C=O) groups is 3. The molecule has 1 N–H and O–H groups in total. The van der Waals surface area contributed by atoms with E-state index >= 15 is 0 Å². The van der Waals surface area contributed by atoms with Gasteiger partial charge in [-0.3, -0.25) is 19.8 Å². The fourth-order valence-corrected chi connectivity index (χ4v) is 3.21. The van der Waals surface area contributed by atoms with E-state index in [0.717, 1.165) is 33.1 Å². The number of likely N-dealkylation sites (N-methyl/N-ethyl adjacent to an activating group) is 1. The highest BCUT2D eigenvalue weighted by Gasteiger charge is 2.33. The highest BCUT2D eigenvalue weighted by Crippen LogP contribution is 2.28. The molecule has 1 aliphatic rings. The van der Waals surface area contributed by atoms with Crippen LogP contribution in [0.5, 0.6) is 0 Å². The molecule has 0 bridgehead atoms. The molecular weight excluding hydrogens is 354 g/mol. The van der Waals surface area contributed by atoms with Crippen LogP contribution in [0.25, 0.3) is 11.8 Å². The molecule has 1 saturated heterocycles. The van der Waals surface area contributed by atoms with Crippen LogP contribution in [0.15, 0.2) is 29.8 Å². The van der Waals surface area contributed by atoms with Gasteiger partial charge in [-0.25, -0.2) is 4.79 Å². The van der Waals surface area contributed by atoms with Crippen LogP contribution in [0, 0.1) is 20.8 Å². The predicted octanol–water partition coefficient (Wildman–Crippen LogP) is 3.15. The summed E-state index contributed by atoms with van der Waals surface area (Å²) in [5.41, 5.74) is 4.32. The minimum absolute atomic E-state index is 0.0739. The zero-order chi connectivity index (χ0) is 19.2. The molecule has 0 atom stereocenters. The lowest BCUT2D eigenvalue weighted by molar-refractivity contribution is -0.129. The zero-order valence-corrected chi connectivity index (χ0v) is 15.6. The van der Waals surface area contributed by atoms with Crippen molar-refractivity contribution in [3.05, 3.63) is 57.4 Å². The lowest BCUT2D eigenvalue weighted by Crippen LogP contribution is -2.52. The van der Waals surface area contributed by atoms with Crippen molar-refractivity contribution >= 4 is 35.5 Å². The monoisotopic (exact) mass is 371 g/mol. The van der Waals surface area contributed by atoms with E-state index in [1.165, 1.54) is 13.1 Å². The Balaban J connectivity index is 2.12. The Labute approximate surface area is 156 Å². The van der Waals surface area contributed by atoms with Crippen LogP contribution in [0.3, 0.4) is 0 Å². The second-order valence-electron chi connectivity index (χ2n) is 6.23. The molecule has 1 fully saturated rings. The number of nitrogens with zero attached hydrogens (tertiary/aromatic N) is 2. The van der Waals surface area contributed by atoms with Crippen LogP contribution >= 0.6 is 11.6 Å². The number of aryl methyl sites for hydroxylation is 1. The maximum atomic E-state index is 12.3. The first kappa shape index (κ1) is 17.9. The van der Waals surface area contributed by atoms with Crippen LogP contribution < -0.4 is 5.32 Å². The molecule has 2 aromatic rings. The summed E-state index contributed by atoms with van der Waals surface area (Å²) >= 11 is 6.24. The van der Waals surface area contributed by atoms with E-state index in [9.17, 15) is 14.4 Å². The van der Waals surface area contributed by atoms with Gasteiger partial charge in [-0.1, -0.05) is 17.7 Å². The SMILES string of the molecule is Cc1c(Cl)cccc1-n1c(C)cc(/C=C2/C(=O)NC(=O)N(C)C2=O)c1C. The third-order valence-corrected chi connectivity index (χ3v) is 4.96. The van der Waals surface area contributed by atoms with Gasteiger partial charge in [0.05, 0.1) is 0 Å². The summed E-state index contributed by atoms with van der Waals surface area (Å²) < 4.78 is 2.02. The molecule has 3 rings (SSSR count). The van der Waals surface area contributed by atoms with E-state index in [4.69, 9.17) is 11.6 Å². The topological polar surface area (TPSA) is 71.4 Å². The maximum Gasteiger partial charge on any atom is 0.331 e. The van der Waals surface area contributed by atoms with Crippen molar-refractivity contribution in [2.75, 3.05) is 7.05 Å². The van der Waals surface area contributed by atoms with Crippen LogP contribution in [0.4, 0.5) is 4.79 Å². The Kier molecular flexibility index (Phi) is 4.46. The first-order chi connectivity index (χ1) is 12.2. The highest BCUT2D eigenvalue weighted by molar-refractivity contribution is 6.31. The number of urea groups is 1. The molecule has 0 spiro atoms. The number of imide groups is 2. The van der Waals surface area contributed by atoms with Gasteiger partial charge in [0.1, 0.15) is 5.57 Å². The van der Waals surface area contributed by atoms with Crippen molar-refractivity contribution < 1.29 is 14.4 Å². The van der Waals surface area contributed by atoms with Gasteiger partial charge in [-0.2, -0.15) is 0 Å². The molecule has 26 heavy (non-hydrogen) atoms. The average Bonchev–Trinajstić information content (AvgIpc) is 2.86. The number of rotatable bonds is 2. The lowest BCUT2D eigenvalue weighted by atomic mass is 10.1. The summed E-state index contributed by atoms with van der Waals surface area (Å²) in [4.78, 5) is 36.7. The number of nitrogens with one attached hydrogen (secondary N) is 1. The third-order valence-electron chi connectivity index (χ3n) is 4.55. The number of barbiturate groups is 1. The standard InChI is InChI=1S/C19H18ClN3O3/c1-10-8-13(9-14-17(24)21-19(26)22(4)18(14)25)12(3)23(10)16-7-5-6-15(20)11(16)2/h5-9H,1-4H3,(H,21,24,26)/b14-9-. The lowest BCUT2D eigenvalue weighted by Gasteiger charge is -2.22. The van der Waals surface area contributed by atoms with Crippen LogP contribution in [0.2, 0.25) is 5.02 Å². The number of carbonyl (C=O) groups excluding carboxylic acids is 3. The summed E-state index contributed by atoms with van der Waals surface area (Å²) in [5.74, 6) is -1.32. The summed E-state index contributed by atoms with van der Waals surface area (Å²) in [6.07, 6.45) is 1.51. The molecule has 7 heteroatoms. The Bertz CT molecular complexity index is 988. The summed E-state index contributed by atoms with van der Waals surface area (Å²) in [6.45, 7) is 5.78. The van der Waals surface area contributed by atoms with Crippen molar-refractivity contribution in [1.82, 2.24) is 14.8 Å². The molecule has 1 aromatic carbocycles. The van der Waals surface area contributed by atoms with E-state index in [1.54, 1.807) is 0 Å². The van der Waals surface area contributed by atoms with Crippen molar-refractivity contribution in [1.29, 1.82) is 0 Å². The first-order valence-electron chi connectivity index (χ1n) is 8.02. The number of aromatic nitrogens is 1. The maximum absolute atomic E-state index is 12.3. The number of benzene rings is 1. The van der Waals surface area contributed by atoms with Gasteiger partial charge in [0, 0.05) is 29.1 Å². The average molecular weight is 372 g/mol. The fraction of sp³-hybridized carbons (Fsp3) is 0.211. The smallest absolute Gasteiger partial charge is 0.318 e. The molecule has 0 saturated carbocycles. The van der Waals surface area contributed by atoms with Crippen molar-refractivity contribution in [3.8, 4) is 5.69 Å². The number of halogens is 1. The molecule has 134 valence electrons. The quantitative estimate of drug-likeness (QED) is 0.651. The molecule has 0 unspecified atom stereocenters. The van der Waals surface area contributed by atoms with Gasteiger partial charge in [0.25, 0.3) is 11.8 Å². The first-order valence-corrected chi connectivity index (χ1v) is 8.39. The van der Waals surface area contributed by atoms with E-state index in [-0.39, 0.29) is 5.57 Å². The number of hydrogen-bond donors (Lipinski definition) is 1. The molecule has 1 aromatic heterocycles. The third kappa shape index (κ3) is 2.82. The van der Waals surface area contributed by atoms with Gasteiger partial charge in [0.15, 0.2) is 0 Å². The van der Waals surface area contributed by atoms with Gasteiger partial charge in [-0.15, -0.1) is 0 Å². The van der Waals surface area contributed by atoms with Crippen LogP contribution in [-0.2, 0) is 9.59 Å². The fourth-order valence-electron chi connectivity index (χ4n) is 3.04. The second kappa shape index (κ2) is 6.46. The Morgan fingerprint density at radius 3 is 2.50 bits per heavy atom. The predicted molar refractivity (Wildman–Crippen MR) is 99.3 cm³/mol. The molecule has 1 aliphatic heterocycles. The van der Waals surface area contributed by atoms with E-state index < -0.39 is 17.8 Å². The van der Waals surface area contributed by atoms with Gasteiger partial charge < -0.3 is 4.57 Å². The molecule has 0 aliphatic carbocycles. The molecule has 4 amide bonds. The summed E-state index contributed by atoms with van der Waals surface area (Å²) in [5, 5.41) is 2.82. The highest BCUT2D eigenvalue weighted by atomic mass is 35.5. The Morgan fingerprint density at radius 2 is 1.81 bits per heavy atom. The molecule has 2 heterocycles. The van der Waals surface area contributed by atoms with E-state index in [0.29, 0.717) is 5.02 Å². The summed E-state index contributed by atoms with van der Waals surface area (Å²) in [7, 11) is 1.33. The normalized spacial score (nSPS) is 16.4. The van der Waals surface area contributed by atoms with Gasteiger partial charge >= 0.3 is 6.03 Å². The van der Waals surface area contributed by atoms with Crippen molar-refractivity contribution in [2.24, 2.45) is 0 Å². The van der Waals surface area contributed by atoms with Crippen molar-refractivity contribution in [3.63, 3.8) is 0 Å². The van der Waals surface area contributed by atoms with Gasteiger partial charge in [0.2, 0.25) is 0 Å². The minimum atomic E-state index is -0.725. The van der Waals surface area contributed by atoms with E-state index in [2.05, 4.69) is 5.32 Å². The van der Waals surface area contributed by atoms with Crippen molar-refractivity contribution in [2.45, 2.75) is 20.8 Å². The Hall–Kier alpha value is -2.86. The number of hydrogen-bond acceptors (Lipinski definition) is 3. The molecule has 0 radical (unpaired) electrons. The molecular formula is C19H18ClN3O3. The minimum Gasteiger partial charge on any atom is -0.318 e. The van der Waals surface area contributed by atoms with E-state index in [1.807, 2.05) is 49.6 Å². The Morgan fingerprint density at radius 1 is 1.12 bits per heavy atom.